The van der Waals surface area contributed by atoms with Crippen LogP contribution in [0.15, 0.2) is 0 Å². The number of rotatable bonds is 9. The van der Waals surface area contributed by atoms with Gasteiger partial charge in [0.2, 0.25) is 0 Å². The Morgan fingerprint density at radius 2 is 1.35 bits per heavy atom. The van der Waals surface area contributed by atoms with Crippen LogP contribution in [0.25, 0.3) is 0 Å². The predicted molar refractivity (Wildman–Crippen MR) is 77.3 cm³/mol. The minimum Gasteiger partial charge on any atom is -0.381 e. The second-order valence-corrected chi connectivity index (χ2v) is 6.77. The summed E-state index contributed by atoms with van der Waals surface area (Å²) in [4.78, 5) is 0. The van der Waals surface area contributed by atoms with Gasteiger partial charge in [0.25, 0.3) is 0 Å². The molecule has 0 aliphatic heterocycles. The molecule has 104 valence electrons. The smallest absolute Gasteiger partial charge is 0.0525 e. The molecule has 0 unspecified atom stereocenters. The standard InChI is InChI=1S/C16H34O/c1-8-9-17-12-16(15(6)7,10-13(2)3)11-14(4)5/h13-15H,8-12H2,1-7H3. The van der Waals surface area contributed by atoms with Crippen molar-refractivity contribution in [3.8, 4) is 0 Å². The minimum absolute atomic E-state index is 0.373. The first kappa shape index (κ1) is 17.0. The third kappa shape index (κ3) is 6.45. The maximum atomic E-state index is 5.91. The molecule has 0 fully saturated rings. The SMILES string of the molecule is CCCOCC(CC(C)C)(CC(C)C)C(C)C. The van der Waals surface area contributed by atoms with E-state index in [1.807, 2.05) is 0 Å². The van der Waals surface area contributed by atoms with Crippen molar-refractivity contribution in [2.75, 3.05) is 13.2 Å². The van der Waals surface area contributed by atoms with Crippen LogP contribution in [-0.2, 0) is 4.74 Å². The summed E-state index contributed by atoms with van der Waals surface area (Å²) in [6.45, 7) is 18.1. The fourth-order valence-electron chi connectivity index (χ4n) is 2.89. The van der Waals surface area contributed by atoms with Gasteiger partial charge in [-0.3, -0.25) is 0 Å². The van der Waals surface area contributed by atoms with Gasteiger partial charge in [-0.25, -0.2) is 0 Å². The first-order chi connectivity index (χ1) is 7.84. The Bertz CT molecular complexity index is 172. The second kappa shape index (κ2) is 8.13. The highest BCUT2D eigenvalue weighted by Crippen LogP contribution is 2.41. The van der Waals surface area contributed by atoms with Gasteiger partial charge in [0.1, 0.15) is 0 Å². The van der Waals surface area contributed by atoms with E-state index in [9.17, 15) is 0 Å². The molecule has 0 N–H and O–H groups in total. The highest BCUT2D eigenvalue weighted by atomic mass is 16.5. The van der Waals surface area contributed by atoms with E-state index in [1.165, 1.54) is 12.8 Å². The molecule has 0 saturated carbocycles. The summed E-state index contributed by atoms with van der Waals surface area (Å²) in [5.41, 5.74) is 0.373. The average molecular weight is 242 g/mol. The lowest BCUT2D eigenvalue weighted by atomic mass is 9.67. The van der Waals surface area contributed by atoms with Crippen LogP contribution in [0.1, 0.15) is 67.7 Å². The van der Waals surface area contributed by atoms with E-state index in [0.29, 0.717) is 11.3 Å². The van der Waals surface area contributed by atoms with Gasteiger partial charge in [0.15, 0.2) is 0 Å². The molecule has 0 radical (unpaired) electrons. The van der Waals surface area contributed by atoms with Crippen molar-refractivity contribution in [3.05, 3.63) is 0 Å². The summed E-state index contributed by atoms with van der Waals surface area (Å²) >= 11 is 0. The lowest BCUT2D eigenvalue weighted by Crippen LogP contribution is -2.36. The van der Waals surface area contributed by atoms with Crippen LogP contribution in [0.4, 0.5) is 0 Å². The van der Waals surface area contributed by atoms with Gasteiger partial charge in [-0.05, 0) is 42.4 Å². The molecule has 0 aliphatic rings. The predicted octanol–water partition coefficient (Wildman–Crippen LogP) is 5.15. The van der Waals surface area contributed by atoms with Crippen LogP contribution in [0.3, 0.4) is 0 Å². The molecule has 0 aromatic carbocycles. The fourth-order valence-corrected chi connectivity index (χ4v) is 2.89. The van der Waals surface area contributed by atoms with Crippen LogP contribution in [0.5, 0.6) is 0 Å². The Labute approximate surface area is 109 Å². The molecule has 0 aromatic rings. The van der Waals surface area contributed by atoms with Gasteiger partial charge in [0.05, 0.1) is 6.61 Å². The number of hydrogen-bond acceptors (Lipinski definition) is 1. The molecule has 1 nitrogen and oxygen atoms in total. The van der Waals surface area contributed by atoms with Gasteiger partial charge in [-0.15, -0.1) is 0 Å². The quantitative estimate of drug-likeness (QED) is 0.508. The zero-order valence-electron chi connectivity index (χ0n) is 13.2. The largest absolute Gasteiger partial charge is 0.381 e. The van der Waals surface area contributed by atoms with Crippen molar-refractivity contribution in [3.63, 3.8) is 0 Å². The average Bonchev–Trinajstić information content (AvgIpc) is 2.15. The van der Waals surface area contributed by atoms with Crippen LogP contribution in [0.2, 0.25) is 0 Å². The van der Waals surface area contributed by atoms with Gasteiger partial charge < -0.3 is 4.74 Å². The molecule has 0 atom stereocenters. The lowest BCUT2D eigenvalue weighted by Gasteiger charge is -2.40. The normalized spacial score (nSPS) is 13.1. The fraction of sp³-hybridized carbons (Fsp3) is 1.00. The molecule has 17 heavy (non-hydrogen) atoms. The van der Waals surface area contributed by atoms with Crippen LogP contribution >= 0.6 is 0 Å². The van der Waals surface area contributed by atoms with E-state index in [-0.39, 0.29) is 0 Å². The van der Waals surface area contributed by atoms with Gasteiger partial charge in [-0.1, -0.05) is 48.5 Å². The van der Waals surface area contributed by atoms with Gasteiger partial charge in [-0.2, -0.15) is 0 Å². The minimum atomic E-state index is 0.373. The number of hydrogen-bond donors (Lipinski definition) is 0. The maximum absolute atomic E-state index is 5.91. The topological polar surface area (TPSA) is 9.23 Å². The summed E-state index contributed by atoms with van der Waals surface area (Å²) in [5.74, 6) is 2.20. The zero-order chi connectivity index (χ0) is 13.5. The van der Waals surface area contributed by atoms with E-state index in [1.54, 1.807) is 0 Å². The van der Waals surface area contributed by atoms with E-state index < -0.39 is 0 Å². The molecular weight excluding hydrogens is 208 g/mol. The molecule has 0 aliphatic carbocycles. The van der Waals surface area contributed by atoms with Crippen molar-refractivity contribution in [2.24, 2.45) is 23.2 Å². The zero-order valence-corrected chi connectivity index (χ0v) is 13.2. The summed E-state index contributed by atoms with van der Waals surface area (Å²) in [7, 11) is 0. The third-order valence-corrected chi connectivity index (χ3v) is 3.59. The van der Waals surface area contributed by atoms with Crippen LogP contribution in [0, 0.1) is 23.2 Å². The molecule has 0 saturated heterocycles. The van der Waals surface area contributed by atoms with E-state index in [2.05, 4.69) is 48.5 Å². The summed E-state index contributed by atoms with van der Waals surface area (Å²) < 4.78 is 5.91. The Kier molecular flexibility index (Phi) is 8.11. The molecule has 1 heteroatoms. The molecule has 0 spiro atoms. The molecule has 0 aromatic heterocycles. The van der Waals surface area contributed by atoms with E-state index in [0.717, 1.165) is 31.5 Å². The Hall–Kier alpha value is -0.0400. The van der Waals surface area contributed by atoms with Gasteiger partial charge in [0, 0.05) is 6.61 Å². The summed E-state index contributed by atoms with van der Waals surface area (Å²) in [6.07, 6.45) is 3.69. The lowest BCUT2D eigenvalue weighted by molar-refractivity contribution is -0.0125. The van der Waals surface area contributed by atoms with Gasteiger partial charge >= 0.3 is 0 Å². The summed E-state index contributed by atoms with van der Waals surface area (Å²) in [5, 5.41) is 0. The Balaban J connectivity index is 4.69. The monoisotopic (exact) mass is 242 g/mol. The molecule has 0 rings (SSSR count). The first-order valence-electron chi connectivity index (χ1n) is 7.41. The van der Waals surface area contributed by atoms with E-state index in [4.69, 9.17) is 4.74 Å². The van der Waals surface area contributed by atoms with Crippen LogP contribution < -0.4 is 0 Å². The van der Waals surface area contributed by atoms with Crippen LogP contribution in [-0.4, -0.2) is 13.2 Å². The Morgan fingerprint density at radius 1 is 0.882 bits per heavy atom. The molecule has 0 heterocycles. The number of ether oxygens (including phenoxy) is 1. The molecule has 0 bridgehead atoms. The maximum Gasteiger partial charge on any atom is 0.0525 e. The van der Waals surface area contributed by atoms with Crippen molar-refractivity contribution in [2.45, 2.75) is 67.7 Å². The molecule has 0 amide bonds. The van der Waals surface area contributed by atoms with Crippen molar-refractivity contribution < 1.29 is 4.74 Å². The molecular formula is C16H34O. The second-order valence-electron chi connectivity index (χ2n) is 6.77. The van der Waals surface area contributed by atoms with Crippen molar-refractivity contribution in [1.29, 1.82) is 0 Å². The highest BCUT2D eigenvalue weighted by Gasteiger charge is 2.35. The highest BCUT2D eigenvalue weighted by molar-refractivity contribution is 4.84. The van der Waals surface area contributed by atoms with Crippen molar-refractivity contribution >= 4 is 0 Å². The third-order valence-electron chi connectivity index (χ3n) is 3.59. The first-order valence-corrected chi connectivity index (χ1v) is 7.41. The van der Waals surface area contributed by atoms with Crippen molar-refractivity contribution in [1.82, 2.24) is 0 Å². The Morgan fingerprint density at radius 3 is 1.65 bits per heavy atom. The van der Waals surface area contributed by atoms with E-state index >= 15 is 0 Å². The summed E-state index contributed by atoms with van der Waals surface area (Å²) in [6, 6.07) is 0.